The van der Waals surface area contributed by atoms with Crippen molar-refractivity contribution in [3.63, 3.8) is 0 Å². The first-order valence-electron chi connectivity index (χ1n) is 9.76. The van der Waals surface area contributed by atoms with Crippen molar-refractivity contribution in [1.29, 1.82) is 5.26 Å². The van der Waals surface area contributed by atoms with E-state index >= 15 is 0 Å². The van der Waals surface area contributed by atoms with Crippen LogP contribution in [0.5, 0.6) is 0 Å². The number of hydrogen-bond acceptors (Lipinski definition) is 7. The molecule has 10 nitrogen and oxygen atoms in total. The van der Waals surface area contributed by atoms with E-state index in [1.807, 2.05) is 6.07 Å². The van der Waals surface area contributed by atoms with Gasteiger partial charge in [-0.15, -0.1) is 0 Å². The van der Waals surface area contributed by atoms with Gasteiger partial charge in [-0.25, -0.2) is 14.8 Å². The minimum Gasteiger partial charge on any atom is -0.447 e. The molecule has 0 aliphatic heterocycles. The lowest BCUT2D eigenvalue weighted by molar-refractivity contribution is 0.0996. The van der Waals surface area contributed by atoms with E-state index < -0.39 is 12.0 Å². The summed E-state index contributed by atoms with van der Waals surface area (Å²) >= 11 is 6.37. The molecule has 0 spiro atoms. The zero-order valence-electron chi connectivity index (χ0n) is 17.5. The second-order valence-electron chi connectivity index (χ2n) is 7.18. The molecule has 2 amide bonds. The van der Waals surface area contributed by atoms with Crippen LogP contribution in [0.15, 0.2) is 53.3 Å². The van der Waals surface area contributed by atoms with Crippen LogP contribution in [0, 0.1) is 11.3 Å². The van der Waals surface area contributed by atoms with Crippen molar-refractivity contribution in [2.75, 3.05) is 10.6 Å². The van der Waals surface area contributed by atoms with E-state index in [2.05, 4.69) is 20.6 Å². The number of furan rings is 1. The maximum Gasteiger partial charge on any atom is 0.411 e. The van der Waals surface area contributed by atoms with E-state index in [1.54, 1.807) is 48.8 Å². The summed E-state index contributed by atoms with van der Waals surface area (Å²) in [5.74, 6) is -0.0696. The van der Waals surface area contributed by atoms with Gasteiger partial charge in [0.15, 0.2) is 5.76 Å². The Kier molecular flexibility index (Phi) is 5.97. The van der Waals surface area contributed by atoms with Gasteiger partial charge in [-0.05, 0) is 44.2 Å². The second-order valence-corrected chi connectivity index (χ2v) is 7.59. The molecule has 4 rings (SSSR count). The molecule has 0 unspecified atom stereocenters. The number of amides is 2. The summed E-state index contributed by atoms with van der Waals surface area (Å²) in [6.45, 7) is 3.50. The van der Waals surface area contributed by atoms with Gasteiger partial charge >= 0.3 is 6.09 Å². The predicted octanol–water partition coefficient (Wildman–Crippen LogP) is 4.72. The number of nitrogens with one attached hydrogen (secondary N) is 2. The third kappa shape index (κ3) is 4.94. The fourth-order valence-corrected chi connectivity index (χ4v) is 3.17. The van der Waals surface area contributed by atoms with Gasteiger partial charge in [0, 0.05) is 23.6 Å². The number of fused-ring (bicyclic) bond motifs is 1. The molecule has 0 saturated carbocycles. The number of rotatable bonds is 5. The summed E-state index contributed by atoms with van der Waals surface area (Å²) < 4.78 is 11.8. The fourth-order valence-electron chi connectivity index (χ4n) is 2.95. The van der Waals surface area contributed by atoms with Crippen molar-refractivity contribution in [1.82, 2.24) is 14.4 Å². The Morgan fingerprint density at radius 1 is 1.18 bits per heavy atom. The van der Waals surface area contributed by atoms with Crippen molar-refractivity contribution in [3.05, 3.63) is 65.5 Å². The molecule has 0 bridgehead atoms. The third-order valence-corrected chi connectivity index (χ3v) is 4.67. The van der Waals surface area contributed by atoms with Gasteiger partial charge < -0.3 is 14.5 Å². The molecule has 0 fully saturated rings. The van der Waals surface area contributed by atoms with Gasteiger partial charge in [-0.3, -0.25) is 14.5 Å². The van der Waals surface area contributed by atoms with Crippen molar-refractivity contribution in [2.45, 2.75) is 20.0 Å². The summed E-state index contributed by atoms with van der Waals surface area (Å²) in [7, 11) is 0. The Labute approximate surface area is 192 Å². The van der Waals surface area contributed by atoms with Crippen LogP contribution in [0.1, 0.15) is 30.2 Å². The average Bonchev–Trinajstić information content (AvgIpc) is 3.41. The van der Waals surface area contributed by atoms with Crippen molar-refractivity contribution in [2.24, 2.45) is 0 Å². The third-order valence-electron chi connectivity index (χ3n) is 4.34. The van der Waals surface area contributed by atoms with E-state index in [-0.39, 0.29) is 17.6 Å². The van der Waals surface area contributed by atoms with Crippen LogP contribution < -0.4 is 10.6 Å². The smallest absolute Gasteiger partial charge is 0.411 e. The largest absolute Gasteiger partial charge is 0.447 e. The van der Waals surface area contributed by atoms with Gasteiger partial charge in [0.05, 0.1) is 28.7 Å². The summed E-state index contributed by atoms with van der Waals surface area (Å²) in [5.41, 5.74) is 1.96. The lowest BCUT2D eigenvalue weighted by Crippen LogP contribution is -2.18. The molecule has 2 N–H and O–H groups in total. The quantitative estimate of drug-likeness (QED) is 0.436. The van der Waals surface area contributed by atoms with Gasteiger partial charge in [0.1, 0.15) is 6.07 Å². The summed E-state index contributed by atoms with van der Waals surface area (Å²) in [5, 5.41) is 14.6. The van der Waals surface area contributed by atoms with Crippen molar-refractivity contribution in [3.8, 4) is 17.3 Å². The number of hydrogen-bond donors (Lipinski definition) is 2. The van der Waals surface area contributed by atoms with Gasteiger partial charge in [0.25, 0.3) is 5.91 Å². The van der Waals surface area contributed by atoms with Crippen LogP contribution in [0.25, 0.3) is 17.0 Å². The highest BCUT2D eigenvalue weighted by molar-refractivity contribution is 6.33. The van der Waals surface area contributed by atoms with Crippen LogP contribution in [0.3, 0.4) is 0 Å². The highest BCUT2D eigenvalue weighted by Gasteiger charge is 2.15. The molecule has 3 heterocycles. The first kappa shape index (κ1) is 21.9. The monoisotopic (exact) mass is 464 g/mol. The standard InChI is InChI=1S/C22H17ClN6O4/c1-12(2)32-22(31)27-14-9-25-21-28-18(11-29(21)10-14)16-7-13(3-5-17(16)23)26-20(30)19-6-4-15(8-24)33-19/h3-7,9-12H,1-2H3,(H,26,30)(H,27,31). The normalized spacial score (nSPS) is 10.8. The first-order valence-corrected chi connectivity index (χ1v) is 10.1. The number of aromatic nitrogens is 3. The molecule has 0 radical (unpaired) electrons. The molecular weight excluding hydrogens is 448 g/mol. The molecule has 0 aliphatic rings. The number of nitrogens with zero attached hydrogens (tertiary/aromatic N) is 4. The van der Waals surface area contributed by atoms with Crippen LogP contribution in [-0.4, -0.2) is 32.5 Å². The molecule has 3 aromatic heterocycles. The highest BCUT2D eigenvalue weighted by Crippen LogP contribution is 2.30. The maximum atomic E-state index is 12.4. The number of carbonyl (C=O) groups is 2. The number of carbonyl (C=O) groups excluding carboxylic acids is 2. The molecular formula is C22H17ClN6O4. The predicted molar refractivity (Wildman–Crippen MR) is 120 cm³/mol. The lowest BCUT2D eigenvalue weighted by atomic mass is 10.1. The Morgan fingerprint density at radius 2 is 2.00 bits per heavy atom. The number of benzene rings is 1. The molecule has 4 aromatic rings. The topological polar surface area (TPSA) is 135 Å². The van der Waals surface area contributed by atoms with E-state index in [0.29, 0.717) is 33.4 Å². The van der Waals surface area contributed by atoms with Crippen molar-refractivity contribution >= 4 is 40.8 Å². The van der Waals surface area contributed by atoms with E-state index in [0.717, 1.165) is 0 Å². The second kappa shape index (κ2) is 9.02. The maximum absolute atomic E-state index is 12.4. The van der Waals surface area contributed by atoms with Crippen LogP contribution >= 0.6 is 11.6 Å². The van der Waals surface area contributed by atoms with Crippen LogP contribution in [-0.2, 0) is 4.74 Å². The molecule has 0 saturated heterocycles. The SMILES string of the molecule is CC(C)OC(=O)Nc1cnc2nc(-c3cc(NC(=O)c4ccc(C#N)o4)ccc3Cl)cn2c1. The van der Waals surface area contributed by atoms with E-state index in [4.69, 9.17) is 26.0 Å². The first-order chi connectivity index (χ1) is 15.8. The van der Waals surface area contributed by atoms with Gasteiger partial charge in [-0.2, -0.15) is 5.26 Å². The van der Waals surface area contributed by atoms with Gasteiger partial charge in [0.2, 0.25) is 11.5 Å². The molecule has 1 aromatic carbocycles. The number of halogens is 1. The van der Waals surface area contributed by atoms with E-state index in [9.17, 15) is 9.59 Å². The van der Waals surface area contributed by atoms with Crippen LogP contribution in [0.2, 0.25) is 5.02 Å². The zero-order valence-corrected chi connectivity index (χ0v) is 18.3. The van der Waals surface area contributed by atoms with Crippen molar-refractivity contribution < 1.29 is 18.7 Å². The number of nitriles is 1. The number of ether oxygens (including phenoxy) is 1. The Morgan fingerprint density at radius 3 is 2.73 bits per heavy atom. The summed E-state index contributed by atoms with van der Waals surface area (Å²) in [6.07, 6.45) is 3.96. The number of anilines is 2. The summed E-state index contributed by atoms with van der Waals surface area (Å²) in [4.78, 5) is 32.9. The minimum atomic E-state index is -0.587. The molecule has 33 heavy (non-hydrogen) atoms. The van der Waals surface area contributed by atoms with E-state index in [1.165, 1.54) is 18.3 Å². The Hall–Kier alpha value is -4.36. The average molecular weight is 465 g/mol. The lowest BCUT2D eigenvalue weighted by Gasteiger charge is -2.09. The van der Waals surface area contributed by atoms with Crippen LogP contribution in [0.4, 0.5) is 16.2 Å². The molecule has 166 valence electrons. The molecule has 0 atom stereocenters. The highest BCUT2D eigenvalue weighted by atomic mass is 35.5. The number of imidazole rings is 1. The van der Waals surface area contributed by atoms with Gasteiger partial charge in [-0.1, -0.05) is 11.6 Å². The Bertz CT molecular complexity index is 1400. The summed E-state index contributed by atoms with van der Waals surface area (Å²) in [6, 6.07) is 9.58. The molecule has 0 aliphatic carbocycles. The minimum absolute atomic E-state index is 0.0102. The zero-order chi connectivity index (χ0) is 23.5. The fraction of sp³-hybridized carbons (Fsp3) is 0.136. The Balaban J connectivity index is 1.57. The molecule has 11 heteroatoms.